The number of anilines is 1. The summed E-state index contributed by atoms with van der Waals surface area (Å²) in [7, 11) is 0. The monoisotopic (exact) mass is 395 g/mol. The molecule has 0 fully saturated rings. The molecular formula is C22H15ClFNO3. The largest absolute Gasteiger partial charge is 0.454 e. The van der Waals surface area contributed by atoms with E-state index >= 15 is 0 Å². The van der Waals surface area contributed by atoms with Gasteiger partial charge in [-0.2, -0.15) is 0 Å². The molecule has 0 aliphatic carbocycles. The summed E-state index contributed by atoms with van der Waals surface area (Å²) in [4.78, 5) is 24.9. The molecule has 0 saturated heterocycles. The van der Waals surface area contributed by atoms with Crippen molar-refractivity contribution in [3.8, 4) is 0 Å². The van der Waals surface area contributed by atoms with Gasteiger partial charge in [-0.15, -0.1) is 0 Å². The van der Waals surface area contributed by atoms with E-state index in [2.05, 4.69) is 5.32 Å². The first-order valence-corrected chi connectivity index (χ1v) is 9.04. The highest BCUT2D eigenvalue weighted by atomic mass is 35.5. The van der Waals surface area contributed by atoms with Crippen LogP contribution in [0.5, 0.6) is 0 Å². The van der Waals surface area contributed by atoms with E-state index in [0.717, 1.165) is 11.1 Å². The van der Waals surface area contributed by atoms with E-state index in [0.29, 0.717) is 28.3 Å². The molecule has 4 rings (SSSR count). The molecule has 28 heavy (non-hydrogen) atoms. The normalized spacial score (nSPS) is 15.5. The second-order valence-corrected chi connectivity index (χ2v) is 6.92. The number of benzene rings is 3. The molecule has 0 spiro atoms. The van der Waals surface area contributed by atoms with Gasteiger partial charge in [-0.3, -0.25) is 4.79 Å². The Kier molecular flexibility index (Phi) is 4.84. The van der Waals surface area contributed by atoms with Crippen molar-refractivity contribution in [3.05, 3.63) is 99.8 Å². The first kappa shape index (κ1) is 18.2. The first-order chi connectivity index (χ1) is 13.5. The fourth-order valence-electron chi connectivity index (χ4n) is 3.17. The van der Waals surface area contributed by atoms with Gasteiger partial charge in [0.1, 0.15) is 11.9 Å². The van der Waals surface area contributed by atoms with Crippen molar-refractivity contribution in [1.82, 2.24) is 0 Å². The number of cyclic esters (lactones) is 1. The highest BCUT2D eigenvalue weighted by molar-refractivity contribution is 6.30. The van der Waals surface area contributed by atoms with Crippen LogP contribution in [0.15, 0.2) is 66.7 Å². The zero-order valence-corrected chi connectivity index (χ0v) is 15.4. The van der Waals surface area contributed by atoms with Gasteiger partial charge in [-0.1, -0.05) is 29.8 Å². The predicted octanol–water partition coefficient (Wildman–Crippen LogP) is 5.19. The highest BCUT2D eigenvalue weighted by Gasteiger charge is 2.28. The van der Waals surface area contributed by atoms with Crippen LogP contribution < -0.4 is 5.32 Å². The lowest BCUT2D eigenvalue weighted by Crippen LogP contribution is -2.23. The Balaban J connectivity index is 1.58. The van der Waals surface area contributed by atoms with E-state index in [4.69, 9.17) is 16.3 Å². The Hall–Kier alpha value is -3.18. The Labute approximate surface area is 165 Å². The van der Waals surface area contributed by atoms with Gasteiger partial charge in [0.15, 0.2) is 0 Å². The molecule has 0 saturated carbocycles. The molecule has 1 atom stereocenters. The molecule has 0 bridgehead atoms. The number of ether oxygens (including phenoxy) is 1. The number of fused-ring (bicyclic) bond motifs is 1. The van der Waals surface area contributed by atoms with Gasteiger partial charge in [0, 0.05) is 22.7 Å². The lowest BCUT2D eigenvalue weighted by atomic mass is 9.93. The second kappa shape index (κ2) is 7.44. The van der Waals surface area contributed by atoms with Gasteiger partial charge < -0.3 is 10.1 Å². The van der Waals surface area contributed by atoms with E-state index in [1.54, 1.807) is 36.4 Å². The molecule has 6 heteroatoms. The number of hydrogen-bond donors (Lipinski definition) is 1. The second-order valence-electron chi connectivity index (χ2n) is 6.49. The number of rotatable bonds is 3. The van der Waals surface area contributed by atoms with Crippen LogP contribution in [0.25, 0.3) is 0 Å². The Morgan fingerprint density at radius 1 is 1.07 bits per heavy atom. The topological polar surface area (TPSA) is 55.4 Å². The molecule has 1 N–H and O–H groups in total. The van der Waals surface area contributed by atoms with E-state index in [9.17, 15) is 14.0 Å². The number of carbonyl (C=O) groups is 2. The maximum atomic E-state index is 13.3. The number of nitrogens with one attached hydrogen (secondary N) is 1. The van der Waals surface area contributed by atoms with Crippen LogP contribution in [0.3, 0.4) is 0 Å². The summed E-state index contributed by atoms with van der Waals surface area (Å²) in [5.41, 5.74) is 2.74. The smallest absolute Gasteiger partial charge is 0.339 e. The van der Waals surface area contributed by atoms with Gasteiger partial charge in [-0.25, -0.2) is 9.18 Å². The molecule has 1 heterocycles. The minimum atomic E-state index is -0.446. The fraction of sp³-hybridized carbons (Fsp3) is 0.0909. The lowest BCUT2D eigenvalue weighted by Gasteiger charge is -2.25. The molecule has 3 aromatic carbocycles. The van der Waals surface area contributed by atoms with Crippen molar-refractivity contribution in [2.45, 2.75) is 12.5 Å². The standard InChI is InChI=1S/C22H15ClFNO3/c23-16-7-4-13(5-8-16)20-11-15-10-14(6-9-19(15)22(27)28-20)21(26)25-18-3-1-2-17(24)12-18/h1-10,12,20H,11H2,(H,25,26)/t20-/m1/s1. The molecule has 1 amide bonds. The van der Waals surface area contributed by atoms with Crippen molar-refractivity contribution in [2.75, 3.05) is 5.32 Å². The quantitative estimate of drug-likeness (QED) is 0.621. The highest BCUT2D eigenvalue weighted by Crippen LogP contribution is 2.31. The summed E-state index contributed by atoms with van der Waals surface area (Å²) in [6, 6.07) is 17.6. The van der Waals surface area contributed by atoms with Gasteiger partial charge in [0.2, 0.25) is 0 Å². The van der Waals surface area contributed by atoms with Crippen LogP contribution in [-0.2, 0) is 11.2 Å². The number of hydrogen-bond acceptors (Lipinski definition) is 3. The molecule has 4 nitrogen and oxygen atoms in total. The van der Waals surface area contributed by atoms with Crippen LogP contribution in [0.4, 0.5) is 10.1 Å². The predicted molar refractivity (Wildman–Crippen MR) is 104 cm³/mol. The average molecular weight is 396 g/mol. The lowest BCUT2D eigenvalue weighted by molar-refractivity contribution is 0.0252. The van der Waals surface area contributed by atoms with Crippen LogP contribution in [0.1, 0.15) is 37.9 Å². The number of halogens is 2. The summed E-state index contributed by atoms with van der Waals surface area (Å²) < 4.78 is 18.8. The zero-order valence-electron chi connectivity index (χ0n) is 14.6. The third kappa shape index (κ3) is 3.75. The van der Waals surface area contributed by atoms with E-state index in [1.807, 2.05) is 12.1 Å². The van der Waals surface area contributed by atoms with E-state index in [-0.39, 0.29) is 5.91 Å². The summed E-state index contributed by atoms with van der Waals surface area (Å²) in [5.74, 6) is -1.24. The van der Waals surface area contributed by atoms with E-state index in [1.165, 1.54) is 18.2 Å². The van der Waals surface area contributed by atoms with Gasteiger partial charge >= 0.3 is 5.97 Å². The molecular weight excluding hydrogens is 381 g/mol. The SMILES string of the molecule is O=C(Nc1cccc(F)c1)c1ccc2c(c1)C[C@H](c1ccc(Cl)cc1)OC2=O. The Bertz CT molecular complexity index is 1070. The molecule has 0 unspecified atom stereocenters. The number of carbonyl (C=O) groups excluding carboxylic acids is 2. The summed E-state index contributed by atoms with van der Waals surface area (Å²) in [6.45, 7) is 0. The van der Waals surface area contributed by atoms with Crippen LogP contribution in [-0.4, -0.2) is 11.9 Å². The summed E-state index contributed by atoms with van der Waals surface area (Å²) in [5, 5.41) is 3.26. The third-order valence-electron chi connectivity index (χ3n) is 4.57. The fourth-order valence-corrected chi connectivity index (χ4v) is 3.30. The summed E-state index contributed by atoms with van der Waals surface area (Å²) in [6.07, 6.45) is 0.00265. The molecule has 3 aromatic rings. The Morgan fingerprint density at radius 2 is 1.86 bits per heavy atom. The molecule has 1 aliphatic rings. The van der Waals surface area contributed by atoms with E-state index < -0.39 is 17.9 Å². The van der Waals surface area contributed by atoms with Gasteiger partial charge in [-0.05, 0) is 59.7 Å². The van der Waals surface area contributed by atoms with Crippen LogP contribution >= 0.6 is 11.6 Å². The average Bonchev–Trinajstić information content (AvgIpc) is 2.68. The van der Waals surface area contributed by atoms with Crippen molar-refractivity contribution in [3.63, 3.8) is 0 Å². The van der Waals surface area contributed by atoms with Crippen molar-refractivity contribution in [1.29, 1.82) is 0 Å². The maximum absolute atomic E-state index is 13.3. The van der Waals surface area contributed by atoms with Gasteiger partial charge in [0.05, 0.1) is 5.56 Å². The van der Waals surface area contributed by atoms with Crippen LogP contribution in [0, 0.1) is 5.82 Å². The molecule has 0 radical (unpaired) electrons. The van der Waals surface area contributed by atoms with Crippen molar-refractivity contribution < 1.29 is 18.7 Å². The maximum Gasteiger partial charge on any atom is 0.339 e. The molecule has 140 valence electrons. The third-order valence-corrected chi connectivity index (χ3v) is 4.82. The zero-order chi connectivity index (χ0) is 19.7. The minimum Gasteiger partial charge on any atom is -0.454 e. The first-order valence-electron chi connectivity index (χ1n) is 8.66. The van der Waals surface area contributed by atoms with Gasteiger partial charge in [0.25, 0.3) is 5.91 Å². The number of esters is 1. The van der Waals surface area contributed by atoms with Crippen LogP contribution in [0.2, 0.25) is 5.02 Å². The molecule has 1 aliphatic heterocycles. The molecule has 0 aromatic heterocycles. The number of amides is 1. The Morgan fingerprint density at radius 3 is 2.61 bits per heavy atom. The van der Waals surface area contributed by atoms with Crippen molar-refractivity contribution >= 4 is 29.2 Å². The summed E-state index contributed by atoms with van der Waals surface area (Å²) >= 11 is 5.92. The van der Waals surface area contributed by atoms with Crippen molar-refractivity contribution in [2.24, 2.45) is 0 Å². The minimum absolute atomic E-state index is 0.362.